The van der Waals surface area contributed by atoms with E-state index in [0.29, 0.717) is 31.5 Å². The lowest BCUT2D eigenvalue weighted by molar-refractivity contribution is 0.0267. The number of aromatic nitrogens is 4. The van der Waals surface area contributed by atoms with Crippen LogP contribution in [0.1, 0.15) is 44.7 Å². The van der Waals surface area contributed by atoms with E-state index in [4.69, 9.17) is 14.2 Å². The third-order valence-corrected chi connectivity index (χ3v) is 5.28. The number of hydrogen-bond acceptors (Lipinski definition) is 9. The van der Waals surface area contributed by atoms with Crippen LogP contribution in [-0.4, -0.2) is 76.9 Å². The summed E-state index contributed by atoms with van der Waals surface area (Å²) in [6.45, 7) is 8.60. The highest BCUT2D eigenvalue weighted by molar-refractivity contribution is 5.85. The minimum absolute atomic E-state index is 0. The van der Waals surface area contributed by atoms with Gasteiger partial charge in [0.1, 0.15) is 5.60 Å². The molecule has 2 aromatic rings. The largest absolute Gasteiger partial charge is 0.467 e. The van der Waals surface area contributed by atoms with Crippen LogP contribution in [0.25, 0.3) is 0 Å². The molecule has 0 radical (unpaired) electrons. The molecule has 10 nitrogen and oxygen atoms in total. The van der Waals surface area contributed by atoms with Gasteiger partial charge in [0.15, 0.2) is 0 Å². The molecule has 0 saturated carbocycles. The molecule has 40 heavy (non-hydrogen) atoms. The highest BCUT2D eigenvalue weighted by atomic mass is 35.5. The zero-order chi connectivity index (χ0) is 28.1. The summed E-state index contributed by atoms with van der Waals surface area (Å²) in [5.41, 5.74) is 3.23. The van der Waals surface area contributed by atoms with E-state index in [2.05, 4.69) is 55.0 Å². The quantitative estimate of drug-likeness (QED) is 0.545. The second-order valence-electron chi connectivity index (χ2n) is 9.51. The molecule has 11 heteroatoms. The predicted molar refractivity (Wildman–Crippen MR) is 154 cm³/mol. The predicted octanol–water partition coefficient (Wildman–Crippen LogP) is 3.58. The summed E-state index contributed by atoms with van der Waals surface area (Å²) in [7, 11) is 3.06. The molecule has 2 aliphatic heterocycles. The standard InChI is InChI=1S/C17H21N3O3.C12H13N3O.ClH/c1-17(2,3)23-16(21)20-9-7-13(8-10-20)5-6-14-11-18-15(22-4)19-12-14;1-16-12-14-8-11(9-15-12)3-2-10-4-6-13-7-5-10;/h7,11-12H,8-10H2,1-4H3;4,8-9,13H,5-7H2,1H3;1H. The summed E-state index contributed by atoms with van der Waals surface area (Å²) in [4.78, 5) is 29.6. The summed E-state index contributed by atoms with van der Waals surface area (Å²) in [5.74, 6) is 12.3. The first-order chi connectivity index (χ1) is 18.8. The smallest absolute Gasteiger partial charge is 0.410 e. The molecule has 2 aliphatic rings. The minimum Gasteiger partial charge on any atom is -0.467 e. The zero-order valence-electron chi connectivity index (χ0n) is 23.5. The third-order valence-electron chi connectivity index (χ3n) is 5.28. The van der Waals surface area contributed by atoms with E-state index in [1.165, 1.54) is 12.7 Å². The molecule has 4 heterocycles. The van der Waals surface area contributed by atoms with Crippen LogP contribution in [0.5, 0.6) is 12.0 Å². The first-order valence-electron chi connectivity index (χ1n) is 12.6. The Labute approximate surface area is 242 Å². The Morgan fingerprint density at radius 1 is 0.850 bits per heavy atom. The van der Waals surface area contributed by atoms with Crippen molar-refractivity contribution in [2.75, 3.05) is 40.4 Å². The van der Waals surface area contributed by atoms with Crippen molar-refractivity contribution in [1.29, 1.82) is 0 Å². The Morgan fingerprint density at radius 2 is 1.38 bits per heavy atom. The van der Waals surface area contributed by atoms with Gasteiger partial charge in [-0.3, -0.25) is 0 Å². The molecule has 0 fully saturated rings. The van der Waals surface area contributed by atoms with Crippen molar-refractivity contribution >= 4 is 18.5 Å². The van der Waals surface area contributed by atoms with Crippen molar-refractivity contribution in [2.45, 2.75) is 39.2 Å². The maximum absolute atomic E-state index is 12.0. The second kappa shape index (κ2) is 16.1. The van der Waals surface area contributed by atoms with Crippen LogP contribution in [0.2, 0.25) is 0 Å². The van der Waals surface area contributed by atoms with Crippen LogP contribution in [0.4, 0.5) is 4.79 Å². The molecule has 0 unspecified atom stereocenters. The number of hydrogen-bond donors (Lipinski definition) is 1. The summed E-state index contributed by atoms with van der Waals surface area (Å²) in [6, 6.07) is 0.687. The SMILES string of the molecule is COc1ncc(C#CC2=CCN(C(=O)OC(C)(C)C)CC2)cn1.COc1ncc(C#CC2=CCNCC2)cn1.Cl. The lowest BCUT2D eigenvalue weighted by atomic mass is 10.1. The molecule has 4 rings (SSSR count). The van der Waals surface area contributed by atoms with Gasteiger partial charge in [-0.1, -0.05) is 35.8 Å². The van der Waals surface area contributed by atoms with Crippen molar-refractivity contribution in [3.05, 3.63) is 59.2 Å². The van der Waals surface area contributed by atoms with Crippen LogP contribution in [0.15, 0.2) is 48.1 Å². The molecule has 0 bridgehead atoms. The number of nitrogens with one attached hydrogen (secondary N) is 1. The number of nitrogens with zero attached hydrogens (tertiary/aromatic N) is 5. The monoisotopic (exact) mass is 566 g/mol. The van der Waals surface area contributed by atoms with Gasteiger partial charge in [0, 0.05) is 62.1 Å². The molecule has 0 aliphatic carbocycles. The van der Waals surface area contributed by atoms with Gasteiger partial charge in [-0.05, 0) is 33.6 Å². The lowest BCUT2D eigenvalue weighted by Gasteiger charge is -2.28. The molecule has 0 spiro atoms. The molecule has 0 atom stereocenters. The molecule has 2 aromatic heterocycles. The number of methoxy groups -OCH3 is 2. The topological polar surface area (TPSA) is 112 Å². The van der Waals surface area contributed by atoms with Crippen molar-refractivity contribution < 1.29 is 19.0 Å². The van der Waals surface area contributed by atoms with Crippen molar-refractivity contribution in [3.8, 4) is 35.7 Å². The Hall–Kier alpha value is -4.12. The fourth-order valence-corrected chi connectivity index (χ4v) is 3.29. The summed E-state index contributed by atoms with van der Waals surface area (Å²) in [5, 5.41) is 3.24. The van der Waals surface area contributed by atoms with E-state index in [-0.39, 0.29) is 18.5 Å². The van der Waals surface area contributed by atoms with Gasteiger partial charge in [-0.15, -0.1) is 12.4 Å². The zero-order valence-corrected chi connectivity index (χ0v) is 24.3. The van der Waals surface area contributed by atoms with Crippen LogP contribution in [-0.2, 0) is 4.74 Å². The Kier molecular flexibility index (Phi) is 12.9. The van der Waals surface area contributed by atoms with E-state index in [0.717, 1.165) is 36.2 Å². The number of amides is 1. The van der Waals surface area contributed by atoms with Crippen molar-refractivity contribution in [2.24, 2.45) is 0 Å². The molecule has 212 valence electrons. The van der Waals surface area contributed by atoms with Crippen molar-refractivity contribution in [3.63, 3.8) is 0 Å². The summed E-state index contributed by atoms with van der Waals surface area (Å²) < 4.78 is 15.1. The molecule has 1 N–H and O–H groups in total. The molecule has 0 saturated heterocycles. The molecular weight excluding hydrogens is 532 g/mol. The fraction of sp³-hybridized carbons (Fsp3) is 0.414. The van der Waals surface area contributed by atoms with Gasteiger partial charge >= 0.3 is 18.1 Å². The maximum atomic E-state index is 12.0. The average molecular weight is 567 g/mol. The van der Waals surface area contributed by atoms with Crippen molar-refractivity contribution in [1.82, 2.24) is 30.2 Å². The highest BCUT2D eigenvalue weighted by Gasteiger charge is 2.23. The molecule has 1 amide bonds. The number of halogens is 1. The Morgan fingerprint density at radius 3 is 1.77 bits per heavy atom. The van der Waals surface area contributed by atoms with E-state index >= 15 is 0 Å². The van der Waals surface area contributed by atoms with Gasteiger partial charge < -0.3 is 24.4 Å². The van der Waals surface area contributed by atoms with Crippen LogP contribution in [0, 0.1) is 23.7 Å². The van der Waals surface area contributed by atoms with E-state index in [1.54, 1.807) is 36.8 Å². The number of ether oxygens (including phenoxy) is 3. The van der Waals surface area contributed by atoms with Gasteiger partial charge in [0.25, 0.3) is 0 Å². The normalized spacial score (nSPS) is 14.2. The van der Waals surface area contributed by atoms with E-state index < -0.39 is 5.60 Å². The third kappa shape index (κ3) is 11.3. The lowest BCUT2D eigenvalue weighted by Crippen LogP contribution is -2.39. The van der Waals surface area contributed by atoms with Gasteiger partial charge in [0.05, 0.1) is 25.3 Å². The fourth-order valence-electron chi connectivity index (χ4n) is 3.29. The maximum Gasteiger partial charge on any atom is 0.410 e. The highest BCUT2D eigenvalue weighted by Crippen LogP contribution is 2.15. The Bertz CT molecular complexity index is 1300. The number of carbonyl (C=O) groups excluding carboxylic acids is 1. The molecular formula is C29H35ClN6O4. The van der Waals surface area contributed by atoms with E-state index in [9.17, 15) is 4.79 Å². The average Bonchev–Trinajstić information content (AvgIpc) is 2.96. The number of rotatable bonds is 2. The van der Waals surface area contributed by atoms with Gasteiger partial charge in [0.2, 0.25) is 0 Å². The minimum atomic E-state index is -0.477. The summed E-state index contributed by atoms with van der Waals surface area (Å²) >= 11 is 0. The molecule has 0 aromatic carbocycles. The summed E-state index contributed by atoms with van der Waals surface area (Å²) in [6.07, 6.45) is 12.0. The van der Waals surface area contributed by atoms with Crippen LogP contribution < -0.4 is 14.8 Å². The number of carbonyl (C=O) groups is 1. The van der Waals surface area contributed by atoms with E-state index in [1.807, 2.05) is 26.8 Å². The van der Waals surface area contributed by atoms with Gasteiger partial charge in [-0.25, -0.2) is 24.7 Å². The van der Waals surface area contributed by atoms with Gasteiger partial charge in [-0.2, -0.15) is 0 Å². The first-order valence-corrected chi connectivity index (χ1v) is 12.6. The van der Waals surface area contributed by atoms with Crippen LogP contribution in [0.3, 0.4) is 0 Å². The Balaban J connectivity index is 0.000000290. The second-order valence-corrected chi connectivity index (χ2v) is 9.51. The first kappa shape index (κ1) is 32.1. The van der Waals surface area contributed by atoms with Crippen LogP contribution >= 0.6 is 12.4 Å².